The summed E-state index contributed by atoms with van der Waals surface area (Å²) in [4.78, 5) is 30.3. The lowest BCUT2D eigenvalue weighted by atomic mass is 9.91. The van der Waals surface area contributed by atoms with E-state index in [2.05, 4.69) is 4.85 Å². The van der Waals surface area contributed by atoms with Crippen molar-refractivity contribution in [3.63, 3.8) is 0 Å². The van der Waals surface area contributed by atoms with Gasteiger partial charge < -0.3 is 14.2 Å². The van der Waals surface area contributed by atoms with Crippen molar-refractivity contribution in [2.75, 3.05) is 13.1 Å². The van der Waals surface area contributed by atoms with Crippen LogP contribution in [0.2, 0.25) is 0 Å². The average molecular weight is 524 g/mol. The van der Waals surface area contributed by atoms with Crippen molar-refractivity contribution < 1.29 is 22.7 Å². The van der Waals surface area contributed by atoms with Crippen molar-refractivity contribution in [3.8, 4) is 0 Å². The van der Waals surface area contributed by atoms with Gasteiger partial charge in [-0.2, -0.15) is 13.2 Å². The second-order valence-electron chi connectivity index (χ2n) is 9.56. The van der Waals surface area contributed by atoms with E-state index in [1.54, 1.807) is 0 Å². The largest absolute Gasteiger partial charge is 0.445 e. The molecule has 38 heavy (non-hydrogen) atoms. The zero-order valence-corrected chi connectivity index (χ0v) is 21.2. The summed E-state index contributed by atoms with van der Waals surface area (Å²) in [7, 11) is 0. The molecular weight excluding hydrogens is 495 g/mol. The minimum Gasteiger partial charge on any atom is -0.445 e. The molecule has 0 saturated carbocycles. The number of aryl methyl sites for hydroxylation is 2. The van der Waals surface area contributed by atoms with Crippen LogP contribution in [-0.2, 0) is 24.1 Å². The van der Waals surface area contributed by atoms with Crippen molar-refractivity contribution in [3.05, 3.63) is 110 Å². The first-order chi connectivity index (χ1) is 18.1. The van der Waals surface area contributed by atoms with Crippen LogP contribution in [0.15, 0.2) is 59.4 Å². The van der Waals surface area contributed by atoms with Gasteiger partial charge in [0.1, 0.15) is 6.61 Å². The van der Waals surface area contributed by atoms with E-state index in [4.69, 9.17) is 11.3 Å². The number of benzene rings is 2. The van der Waals surface area contributed by atoms with Crippen molar-refractivity contribution in [1.29, 1.82) is 0 Å². The van der Waals surface area contributed by atoms with Crippen molar-refractivity contribution >= 4 is 11.8 Å². The number of pyridine rings is 1. The van der Waals surface area contributed by atoms with E-state index in [1.807, 2.05) is 62.4 Å². The van der Waals surface area contributed by atoms with Gasteiger partial charge in [-0.05, 0) is 49.4 Å². The van der Waals surface area contributed by atoms with E-state index in [-0.39, 0.29) is 31.9 Å². The Morgan fingerprint density at radius 2 is 1.76 bits per heavy atom. The van der Waals surface area contributed by atoms with Crippen LogP contribution >= 0.6 is 0 Å². The molecule has 0 bridgehead atoms. The molecule has 1 aromatic heterocycles. The second kappa shape index (κ2) is 11.1. The molecule has 1 fully saturated rings. The molecule has 0 N–H and O–H groups in total. The predicted molar refractivity (Wildman–Crippen MR) is 137 cm³/mol. The van der Waals surface area contributed by atoms with Crippen LogP contribution in [-0.4, -0.2) is 28.6 Å². The molecule has 0 aliphatic carbocycles. The van der Waals surface area contributed by atoms with E-state index in [0.717, 1.165) is 28.3 Å². The van der Waals surface area contributed by atoms with Crippen LogP contribution in [0.1, 0.15) is 52.3 Å². The van der Waals surface area contributed by atoms with Crippen LogP contribution in [0.5, 0.6) is 0 Å². The number of carbonyl (C=O) groups is 1. The summed E-state index contributed by atoms with van der Waals surface area (Å²) in [5.41, 5.74) is 0.716. The van der Waals surface area contributed by atoms with Crippen LogP contribution in [0.25, 0.3) is 4.85 Å². The summed E-state index contributed by atoms with van der Waals surface area (Å²) in [5, 5.41) is 0. The zero-order chi connectivity index (χ0) is 27.4. The Balaban J connectivity index is 1.61. The third-order valence-electron chi connectivity index (χ3n) is 6.93. The van der Waals surface area contributed by atoms with Gasteiger partial charge in [-0.3, -0.25) is 4.79 Å². The molecule has 0 radical (unpaired) electrons. The molecule has 0 spiro atoms. The molecule has 3 aromatic rings. The van der Waals surface area contributed by atoms with Gasteiger partial charge in [-0.15, -0.1) is 0 Å². The van der Waals surface area contributed by atoms with Gasteiger partial charge in [-0.25, -0.2) is 9.64 Å². The number of likely N-dealkylation sites (tertiary alicyclic amines) is 1. The molecular formula is C29H28F3N3O3. The standard InChI is InChI=1S/C29H28F3N3O3/c1-19-9-10-23(20(2)15-19)17-35-25(16-24(29(30,31)32)26(33-3)27(35)36)22-11-13-34(14-12-22)28(37)38-18-21-7-5-4-6-8-21/h4-10,15-16,22H,11-14,17-18H2,1-2H3. The van der Waals surface area contributed by atoms with Crippen molar-refractivity contribution in [2.45, 2.75) is 51.9 Å². The van der Waals surface area contributed by atoms with Gasteiger partial charge >= 0.3 is 12.3 Å². The molecule has 0 atom stereocenters. The third kappa shape index (κ3) is 5.91. The molecule has 0 unspecified atom stereocenters. The second-order valence-corrected chi connectivity index (χ2v) is 9.56. The van der Waals surface area contributed by atoms with Crippen molar-refractivity contribution in [2.24, 2.45) is 0 Å². The lowest BCUT2D eigenvalue weighted by molar-refractivity contribution is -0.137. The molecule has 9 heteroatoms. The molecule has 6 nitrogen and oxygen atoms in total. The van der Waals surface area contributed by atoms with E-state index in [9.17, 15) is 22.8 Å². The van der Waals surface area contributed by atoms with E-state index < -0.39 is 35.0 Å². The normalized spacial score (nSPS) is 14.3. The van der Waals surface area contributed by atoms with Gasteiger partial charge in [0.2, 0.25) is 0 Å². The lowest BCUT2D eigenvalue weighted by Gasteiger charge is -2.33. The van der Waals surface area contributed by atoms with Gasteiger partial charge in [0, 0.05) is 31.2 Å². The van der Waals surface area contributed by atoms with E-state index in [0.29, 0.717) is 12.8 Å². The number of alkyl halides is 3. The molecule has 2 aromatic carbocycles. The highest BCUT2D eigenvalue weighted by atomic mass is 19.4. The van der Waals surface area contributed by atoms with Gasteiger partial charge in [-0.1, -0.05) is 54.1 Å². The van der Waals surface area contributed by atoms with Gasteiger partial charge in [0.25, 0.3) is 11.2 Å². The summed E-state index contributed by atoms with van der Waals surface area (Å²) in [6.45, 7) is 11.9. The topological polar surface area (TPSA) is 55.9 Å². The first kappa shape index (κ1) is 27.0. The number of carbonyl (C=O) groups excluding carboxylic acids is 1. The highest BCUT2D eigenvalue weighted by Gasteiger charge is 2.38. The molecule has 1 saturated heterocycles. The van der Waals surface area contributed by atoms with Crippen molar-refractivity contribution in [1.82, 2.24) is 9.47 Å². The monoisotopic (exact) mass is 523 g/mol. The number of hydrogen-bond donors (Lipinski definition) is 0. The number of ether oxygens (including phenoxy) is 1. The van der Waals surface area contributed by atoms with Crippen LogP contribution < -0.4 is 5.56 Å². The van der Waals surface area contributed by atoms with Crippen LogP contribution in [0.3, 0.4) is 0 Å². The summed E-state index contributed by atoms with van der Waals surface area (Å²) in [6, 6.07) is 15.9. The first-order valence-corrected chi connectivity index (χ1v) is 12.3. The van der Waals surface area contributed by atoms with Gasteiger partial charge in [0.05, 0.1) is 12.1 Å². The Kier molecular flexibility index (Phi) is 7.91. The Morgan fingerprint density at radius 3 is 2.37 bits per heavy atom. The minimum absolute atomic E-state index is 0.0558. The fourth-order valence-electron chi connectivity index (χ4n) is 4.84. The van der Waals surface area contributed by atoms with E-state index >= 15 is 0 Å². The Labute approximate surface area is 219 Å². The van der Waals surface area contributed by atoms with E-state index in [1.165, 1.54) is 9.47 Å². The number of rotatable bonds is 5. The first-order valence-electron chi connectivity index (χ1n) is 12.3. The summed E-state index contributed by atoms with van der Waals surface area (Å²) in [5.74, 6) is -0.396. The highest BCUT2D eigenvalue weighted by molar-refractivity contribution is 5.67. The summed E-state index contributed by atoms with van der Waals surface area (Å²) >= 11 is 0. The number of aromatic nitrogens is 1. The Hall–Kier alpha value is -4.06. The highest BCUT2D eigenvalue weighted by Crippen LogP contribution is 2.38. The smallest absolute Gasteiger partial charge is 0.410 e. The lowest BCUT2D eigenvalue weighted by Crippen LogP contribution is -2.39. The SMILES string of the molecule is [C-]#[N+]c1c(C(F)(F)F)cc(C2CCN(C(=O)OCc3ccccc3)CC2)n(Cc2ccc(C)cc2C)c1=O. The zero-order valence-electron chi connectivity index (χ0n) is 21.2. The number of halogens is 3. The number of piperidine rings is 1. The number of amides is 1. The third-order valence-corrected chi connectivity index (χ3v) is 6.93. The fourth-order valence-corrected chi connectivity index (χ4v) is 4.84. The molecule has 4 rings (SSSR count). The van der Waals surface area contributed by atoms with Crippen LogP contribution in [0, 0.1) is 20.4 Å². The molecule has 1 aliphatic heterocycles. The number of hydrogen-bond acceptors (Lipinski definition) is 3. The maximum absolute atomic E-state index is 13.9. The molecule has 2 heterocycles. The number of nitrogens with zero attached hydrogens (tertiary/aromatic N) is 3. The maximum atomic E-state index is 13.9. The molecule has 1 amide bonds. The summed E-state index contributed by atoms with van der Waals surface area (Å²) in [6.07, 6.45) is -4.60. The van der Waals surface area contributed by atoms with Crippen LogP contribution in [0.4, 0.5) is 23.7 Å². The Morgan fingerprint density at radius 1 is 1.08 bits per heavy atom. The quantitative estimate of drug-likeness (QED) is 0.354. The average Bonchev–Trinajstić information content (AvgIpc) is 2.89. The molecule has 1 aliphatic rings. The van der Waals surface area contributed by atoms with Gasteiger partial charge in [0.15, 0.2) is 0 Å². The maximum Gasteiger partial charge on any atom is 0.410 e. The minimum atomic E-state index is -4.84. The molecule has 198 valence electrons. The predicted octanol–water partition coefficient (Wildman–Crippen LogP) is 6.60. The fraction of sp³-hybridized carbons (Fsp3) is 0.345. The Bertz CT molecular complexity index is 1420. The summed E-state index contributed by atoms with van der Waals surface area (Å²) < 4.78 is 48.3.